The molecule has 2 N–H and O–H groups in total. The molecule has 31 heavy (non-hydrogen) atoms. The Balaban J connectivity index is 1.68. The molecule has 0 bridgehead atoms. The number of amides is 1. The smallest absolute Gasteiger partial charge is 0.247 e. The summed E-state index contributed by atoms with van der Waals surface area (Å²) in [6.45, 7) is 2.02. The number of anilines is 1. The van der Waals surface area contributed by atoms with Crippen LogP contribution in [0.15, 0.2) is 77.7 Å². The fraction of sp³-hybridized carbons (Fsp3) is 0.136. The fourth-order valence-electron chi connectivity index (χ4n) is 3.22. The zero-order valence-corrected chi connectivity index (χ0v) is 18.3. The van der Waals surface area contributed by atoms with E-state index in [9.17, 15) is 13.2 Å². The Morgan fingerprint density at radius 2 is 1.77 bits per heavy atom. The van der Waals surface area contributed by atoms with Crippen LogP contribution in [0.25, 0.3) is 11.0 Å². The second kappa shape index (κ2) is 8.93. The van der Waals surface area contributed by atoms with E-state index in [0.29, 0.717) is 16.8 Å². The van der Waals surface area contributed by atoms with E-state index >= 15 is 0 Å². The van der Waals surface area contributed by atoms with E-state index in [1.54, 1.807) is 48.5 Å². The molecule has 1 aromatic heterocycles. The first kappa shape index (κ1) is 21.1. The van der Waals surface area contributed by atoms with Gasteiger partial charge in [0, 0.05) is 5.69 Å². The van der Waals surface area contributed by atoms with Crippen LogP contribution in [0.4, 0.5) is 5.69 Å². The van der Waals surface area contributed by atoms with Crippen LogP contribution < -0.4 is 10.0 Å². The van der Waals surface area contributed by atoms with Gasteiger partial charge >= 0.3 is 0 Å². The number of fused-ring (bicyclic) bond motifs is 1. The third kappa shape index (κ3) is 4.63. The van der Waals surface area contributed by atoms with Gasteiger partial charge in [0.1, 0.15) is 22.0 Å². The van der Waals surface area contributed by atoms with Crippen LogP contribution >= 0.6 is 11.7 Å². The molecule has 0 saturated heterocycles. The minimum Gasteiger partial charge on any atom is -0.324 e. The van der Waals surface area contributed by atoms with Crippen LogP contribution in [0.3, 0.4) is 0 Å². The Morgan fingerprint density at radius 1 is 1.00 bits per heavy atom. The quantitative estimate of drug-likeness (QED) is 0.443. The van der Waals surface area contributed by atoms with Crippen molar-refractivity contribution < 1.29 is 13.2 Å². The lowest BCUT2D eigenvalue weighted by Crippen LogP contribution is -2.37. The maximum atomic E-state index is 13.2. The molecule has 1 atom stereocenters. The summed E-state index contributed by atoms with van der Waals surface area (Å²) in [7, 11) is -4.06. The summed E-state index contributed by atoms with van der Waals surface area (Å²) in [6.07, 6.45) is 0.824. The van der Waals surface area contributed by atoms with Gasteiger partial charge in [-0.05, 0) is 41.8 Å². The summed E-state index contributed by atoms with van der Waals surface area (Å²) in [5, 5.41) is 2.83. The van der Waals surface area contributed by atoms with Crippen LogP contribution in [0.2, 0.25) is 0 Å². The van der Waals surface area contributed by atoms with Gasteiger partial charge < -0.3 is 5.32 Å². The van der Waals surface area contributed by atoms with E-state index in [1.807, 2.05) is 25.1 Å². The zero-order valence-electron chi connectivity index (χ0n) is 16.6. The van der Waals surface area contributed by atoms with Crippen molar-refractivity contribution in [2.24, 2.45) is 0 Å². The Kier molecular flexibility index (Phi) is 6.08. The fourth-order valence-corrected chi connectivity index (χ4v) is 5.17. The van der Waals surface area contributed by atoms with Gasteiger partial charge in [0.15, 0.2) is 0 Å². The van der Waals surface area contributed by atoms with Crippen LogP contribution in [-0.4, -0.2) is 23.1 Å². The predicted molar refractivity (Wildman–Crippen MR) is 121 cm³/mol. The molecule has 4 aromatic rings. The maximum absolute atomic E-state index is 13.2. The van der Waals surface area contributed by atoms with E-state index < -0.39 is 22.0 Å². The van der Waals surface area contributed by atoms with Crippen molar-refractivity contribution >= 4 is 44.4 Å². The number of nitrogens with zero attached hydrogens (tertiary/aromatic N) is 2. The van der Waals surface area contributed by atoms with Gasteiger partial charge in [-0.15, -0.1) is 0 Å². The van der Waals surface area contributed by atoms with E-state index in [2.05, 4.69) is 18.8 Å². The Bertz CT molecular complexity index is 1320. The Morgan fingerprint density at radius 3 is 2.55 bits per heavy atom. The first-order chi connectivity index (χ1) is 15.0. The van der Waals surface area contributed by atoms with Gasteiger partial charge in [0.25, 0.3) is 0 Å². The predicted octanol–water partition coefficient (Wildman–Crippen LogP) is 3.91. The number of aromatic nitrogens is 2. The zero-order chi connectivity index (χ0) is 21.8. The molecule has 0 saturated carbocycles. The minimum atomic E-state index is -4.06. The molecule has 3 aromatic carbocycles. The summed E-state index contributed by atoms with van der Waals surface area (Å²) >= 11 is 0.938. The first-order valence-corrected chi connectivity index (χ1v) is 11.9. The Labute approximate surface area is 184 Å². The number of hydrogen-bond donors (Lipinski definition) is 2. The normalized spacial score (nSPS) is 12.5. The summed E-state index contributed by atoms with van der Waals surface area (Å²) in [4.78, 5) is 13.2. The molecule has 0 aliphatic rings. The number of sulfonamides is 1. The molecule has 0 unspecified atom stereocenters. The number of benzene rings is 3. The second-order valence-electron chi connectivity index (χ2n) is 6.90. The molecular weight excluding hydrogens is 432 g/mol. The first-order valence-electron chi connectivity index (χ1n) is 9.66. The van der Waals surface area contributed by atoms with Gasteiger partial charge in [0.2, 0.25) is 15.9 Å². The van der Waals surface area contributed by atoms with Gasteiger partial charge in [-0.2, -0.15) is 13.5 Å². The number of hydrogen-bond acceptors (Lipinski definition) is 6. The number of nitrogens with one attached hydrogen (secondary N) is 2. The van der Waals surface area contributed by atoms with E-state index in [1.165, 1.54) is 6.07 Å². The molecule has 7 nitrogen and oxygen atoms in total. The third-order valence-corrected chi connectivity index (χ3v) is 6.81. The molecule has 0 aliphatic carbocycles. The van der Waals surface area contributed by atoms with E-state index in [0.717, 1.165) is 23.7 Å². The van der Waals surface area contributed by atoms with E-state index in [4.69, 9.17) is 0 Å². The molecule has 4 rings (SSSR count). The lowest BCUT2D eigenvalue weighted by atomic mass is 10.1. The van der Waals surface area contributed by atoms with Gasteiger partial charge in [-0.1, -0.05) is 55.5 Å². The average molecular weight is 453 g/mol. The lowest BCUT2D eigenvalue weighted by Gasteiger charge is -2.19. The highest BCUT2D eigenvalue weighted by molar-refractivity contribution is 7.89. The highest BCUT2D eigenvalue weighted by atomic mass is 32.2. The van der Waals surface area contributed by atoms with Gasteiger partial charge in [-0.25, -0.2) is 8.42 Å². The monoisotopic (exact) mass is 452 g/mol. The standard InChI is InChI=1S/C22H20N4O3S2/c1-2-15-8-6-11-17(14-15)23-22(27)20(16-9-4-3-5-10-16)26-31(28,29)19-13-7-12-18-21(19)25-30-24-18/h3-14,20,26H,2H2,1H3,(H,23,27)/t20-/m1/s1. The molecule has 0 aliphatic heterocycles. The molecule has 1 heterocycles. The largest absolute Gasteiger partial charge is 0.324 e. The van der Waals surface area contributed by atoms with Crippen LogP contribution in [0.1, 0.15) is 24.1 Å². The lowest BCUT2D eigenvalue weighted by molar-refractivity contribution is -0.117. The van der Waals surface area contributed by atoms with Crippen molar-refractivity contribution in [3.05, 3.63) is 83.9 Å². The van der Waals surface area contributed by atoms with Crippen molar-refractivity contribution in [3.8, 4) is 0 Å². The molecule has 1 amide bonds. The van der Waals surface area contributed by atoms with Crippen molar-refractivity contribution in [3.63, 3.8) is 0 Å². The topological polar surface area (TPSA) is 101 Å². The summed E-state index contributed by atoms with van der Waals surface area (Å²) < 4.78 is 37.2. The minimum absolute atomic E-state index is 0.0135. The van der Waals surface area contributed by atoms with Crippen molar-refractivity contribution in [2.75, 3.05) is 5.32 Å². The molecule has 9 heteroatoms. The summed E-state index contributed by atoms with van der Waals surface area (Å²) in [6, 6.07) is 19.8. The number of carbonyl (C=O) groups is 1. The SMILES string of the molecule is CCc1cccc(NC(=O)[C@H](NS(=O)(=O)c2cccc3nsnc23)c2ccccc2)c1. The van der Waals surface area contributed by atoms with Crippen molar-refractivity contribution in [1.82, 2.24) is 13.5 Å². The molecule has 158 valence electrons. The highest BCUT2D eigenvalue weighted by Gasteiger charge is 2.29. The summed E-state index contributed by atoms with van der Waals surface area (Å²) in [5.74, 6) is -0.480. The molecule has 0 spiro atoms. The van der Waals surface area contributed by atoms with Crippen molar-refractivity contribution in [1.29, 1.82) is 0 Å². The third-order valence-electron chi connectivity index (χ3n) is 4.81. The van der Waals surface area contributed by atoms with Crippen LogP contribution in [-0.2, 0) is 21.2 Å². The molecule has 0 fully saturated rings. The summed E-state index contributed by atoms with van der Waals surface area (Å²) in [5.41, 5.74) is 2.97. The molecular formula is C22H20N4O3S2. The maximum Gasteiger partial charge on any atom is 0.247 e. The average Bonchev–Trinajstić information content (AvgIpc) is 3.27. The number of rotatable bonds is 7. The van der Waals surface area contributed by atoms with Gasteiger partial charge in [-0.3, -0.25) is 4.79 Å². The van der Waals surface area contributed by atoms with Gasteiger partial charge in [0.05, 0.1) is 11.7 Å². The van der Waals surface area contributed by atoms with Crippen LogP contribution in [0.5, 0.6) is 0 Å². The second-order valence-corrected chi connectivity index (χ2v) is 9.11. The van der Waals surface area contributed by atoms with E-state index in [-0.39, 0.29) is 10.4 Å². The number of aryl methyl sites for hydroxylation is 1. The molecule has 0 radical (unpaired) electrons. The Hall–Kier alpha value is -3.14. The van der Waals surface area contributed by atoms with Crippen molar-refractivity contribution in [2.45, 2.75) is 24.3 Å². The highest BCUT2D eigenvalue weighted by Crippen LogP contribution is 2.24. The van der Waals surface area contributed by atoms with Crippen LogP contribution in [0, 0.1) is 0 Å². The number of carbonyl (C=O) groups excluding carboxylic acids is 1.